The molecule has 0 aromatic heterocycles. The Labute approximate surface area is 76.9 Å². The number of nitrogens with one attached hydrogen (secondary N) is 2. The molecule has 0 aliphatic rings. The Morgan fingerprint density at radius 3 is 2.69 bits per heavy atom. The standard InChI is InChI=1S/C8H16F2N2O/c1-2-3-4-12-8(13)6-11-5-7(9)10/h7,11H,2-6H2,1H3,(H,12,13). The van der Waals surface area contributed by atoms with Crippen LogP contribution >= 0.6 is 0 Å². The fraction of sp³-hybridized carbons (Fsp3) is 0.875. The Bertz CT molecular complexity index is 142. The van der Waals surface area contributed by atoms with Crippen molar-refractivity contribution >= 4 is 5.91 Å². The van der Waals surface area contributed by atoms with Crippen LogP contribution in [0.15, 0.2) is 0 Å². The van der Waals surface area contributed by atoms with E-state index in [1.807, 2.05) is 6.92 Å². The van der Waals surface area contributed by atoms with Gasteiger partial charge in [0.15, 0.2) is 0 Å². The molecule has 78 valence electrons. The molecule has 3 nitrogen and oxygen atoms in total. The van der Waals surface area contributed by atoms with Crippen molar-refractivity contribution in [3.63, 3.8) is 0 Å². The molecule has 0 aromatic carbocycles. The van der Waals surface area contributed by atoms with E-state index in [9.17, 15) is 13.6 Å². The van der Waals surface area contributed by atoms with Gasteiger partial charge in [0, 0.05) is 6.54 Å². The van der Waals surface area contributed by atoms with Gasteiger partial charge in [-0.15, -0.1) is 0 Å². The SMILES string of the molecule is CCCCNC(=O)CNCC(F)F. The van der Waals surface area contributed by atoms with Crippen molar-refractivity contribution in [1.82, 2.24) is 10.6 Å². The summed E-state index contributed by atoms with van der Waals surface area (Å²) in [7, 11) is 0. The number of carbonyl (C=O) groups excluding carboxylic acids is 1. The van der Waals surface area contributed by atoms with Crippen molar-refractivity contribution in [3.05, 3.63) is 0 Å². The maximum atomic E-state index is 11.6. The molecule has 0 atom stereocenters. The molecule has 0 rings (SSSR count). The third-order valence-electron chi connectivity index (χ3n) is 1.44. The Kier molecular flexibility index (Phi) is 7.48. The highest BCUT2D eigenvalue weighted by atomic mass is 19.3. The van der Waals surface area contributed by atoms with Gasteiger partial charge >= 0.3 is 0 Å². The molecule has 0 saturated heterocycles. The van der Waals surface area contributed by atoms with Crippen LogP contribution in [0.3, 0.4) is 0 Å². The Balaban J connectivity index is 3.20. The second-order valence-corrected chi connectivity index (χ2v) is 2.73. The number of rotatable bonds is 7. The molecule has 0 aliphatic heterocycles. The summed E-state index contributed by atoms with van der Waals surface area (Å²) in [5, 5.41) is 4.96. The van der Waals surface area contributed by atoms with Crippen LogP contribution in [-0.4, -0.2) is 32.0 Å². The van der Waals surface area contributed by atoms with E-state index in [0.717, 1.165) is 12.8 Å². The van der Waals surface area contributed by atoms with Crippen molar-refractivity contribution in [2.24, 2.45) is 0 Å². The summed E-state index contributed by atoms with van der Waals surface area (Å²) in [5.74, 6) is -0.228. The molecule has 0 heterocycles. The van der Waals surface area contributed by atoms with Gasteiger partial charge in [0.2, 0.25) is 5.91 Å². The Morgan fingerprint density at radius 1 is 1.46 bits per heavy atom. The number of unbranched alkanes of at least 4 members (excludes halogenated alkanes) is 1. The predicted octanol–water partition coefficient (Wildman–Crippen LogP) is 0.757. The zero-order valence-electron chi connectivity index (χ0n) is 7.78. The van der Waals surface area contributed by atoms with E-state index in [0.29, 0.717) is 6.54 Å². The molecular weight excluding hydrogens is 178 g/mol. The first-order valence-electron chi connectivity index (χ1n) is 4.42. The van der Waals surface area contributed by atoms with Crippen LogP contribution in [0, 0.1) is 0 Å². The fourth-order valence-electron chi connectivity index (χ4n) is 0.762. The van der Waals surface area contributed by atoms with E-state index < -0.39 is 13.0 Å². The minimum absolute atomic E-state index is 0.0337. The number of hydrogen-bond acceptors (Lipinski definition) is 2. The lowest BCUT2D eigenvalue weighted by molar-refractivity contribution is -0.120. The molecule has 0 aliphatic carbocycles. The van der Waals surface area contributed by atoms with Crippen molar-refractivity contribution in [3.8, 4) is 0 Å². The molecule has 5 heteroatoms. The molecule has 0 spiro atoms. The fourth-order valence-corrected chi connectivity index (χ4v) is 0.762. The van der Waals surface area contributed by atoms with Crippen molar-refractivity contribution in [1.29, 1.82) is 0 Å². The number of halogens is 2. The summed E-state index contributed by atoms with van der Waals surface area (Å²) >= 11 is 0. The second-order valence-electron chi connectivity index (χ2n) is 2.73. The zero-order chi connectivity index (χ0) is 10.1. The smallest absolute Gasteiger partial charge is 0.250 e. The quantitative estimate of drug-likeness (QED) is 0.587. The summed E-state index contributed by atoms with van der Waals surface area (Å²) in [4.78, 5) is 10.9. The molecule has 0 aromatic rings. The zero-order valence-corrected chi connectivity index (χ0v) is 7.78. The van der Waals surface area contributed by atoms with Crippen LogP contribution in [0.25, 0.3) is 0 Å². The van der Waals surface area contributed by atoms with Crippen LogP contribution in [0.2, 0.25) is 0 Å². The van der Waals surface area contributed by atoms with Crippen LogP contribution in [0.1, 0.15) is 19.8 Å². The number of amides is 1. The average molecular weight is 194 g/mol. The van der Waals surface area contributed by atoms with Crippen molar-refractivity contribution < 1.29 is 13.6 Å². The minimum Gasteiger partial charge on any atom is -0.355 e. The molecule has 0 saturated carbocycles. The first-order chi connectivity index (χ1) is 6.16. The first-order valence-corrected chi connectivity index (χ1v) is 4.42. The summed E-state index contributed by atoms with van der Waals surface area (Å²) in [6.45, 7) is 2.17. The average Bonchev–Trinajstić information content (AvgIpc) is 2.04. The largest absolute Gasteiger partial charge is 0.355 e. The van der Waals surface area contributed by atoms with Gasteiger partial charge in [0.25, 0.3) is 6.43 Å². The highest BCUT2D eigenvalue weighted by Gasteiger charge is 2.03. The van der Waals surface area contributed by atoms with E-state index in [-0.39, 0.29) is 12.5 Å². The monoisotopic (exact) mass is 194 g/mol. The van der Waals surface area contributed by atoms with Crippen molar-refractivity contribution in [2.45, 2.75) is 26.2 Å². The van der Waals surface area contributed by atoms with E-state index in [4.69, 9.17) is 0 Å². The van der Waals surface area contributed by atoms with Crippen LogP contribution in [-0.2, 0) is 4.79 Å². The second kappa shape index (κ2) is 7.91. The minimum atomic E-state index is -2.40. The molecule has 2 N–H and O–H groups in total. The van der Waals surface area contributed by atoms with Crippen LogP contribution in [0.5, 0.6) is 0 Å². The van der Waals surface area contributed by atoms with Gasteiger partial charge in [-0.05, 0) is 6.42 Å². The van der Waals surface area contributed by atoms with Gasteiger partial charge in [-0.1, -0.05) is 13.3 Å². The number of carbonyl (C=O) groups is 1. The topological polar surface area (TPSA) is 41.1 Å². The lowest BCUT2D eigenvalue weighted by atomic mass is 10.3. The summed E-state index contributed by atoms with van der Waals surface area (Å²) < 4.78 is 23.2. The van der Waals surface area contributed by atoms with Gasteiger partial charge in [0.05, 0.1) is 13.1 Å². The molecule has 0 radical (unpaired) electrons. The van der Waals surface area contributed by atoms with Gasteiger partial charge in [-0.25, -0.2) is 8.78 Å². The summed E-state index contributed by atoms with van der Waals surface area (Å²) in [6.07, 6.45) is -0.478. The van der Waals surface area contributed by atoms with E-state index >= 15 is 0 Å². The first kappa shape index (κ1) is 12.3. The van der Waals surface area contributed by atoms with E-state index in [1.54, 1.807) is 0 Å². The van der Waals surface area contributed by atoms with Gasteiger partial charge in [0.1, 0.15) is 0 Å². The highest BCUT2D eigenvalue weighted by Crippen LogP contribution is 1.86. The van der Waals surface area contributed by atoms with Crippen molar-refractivity contribution in [2.75, 3.05) is 19.6 Å². The van der Waals surface area contributed by atoms with E-state index in [1.165, 1.54) is 0 Å². The number of alkyl halides is 2. The molecule has 13 heavy (non-hydrogen) atoms. The predicted molar refractivity (Wildman–Crippen MR) is 46.8 cm³/mol. The van der Waals surface area contributed by atoms with E-state index in [2.05, 4.69) is 10.6 Å². The highest BCUT2D eigenvalue weighted by molar-refractivity contribution is 5.77. The summed E-state index contributed by atoms with van der Waals surface area (Å²) in [6, 6.07) is 0. The van der Waals surface area contributed by atoms with Gasteiger partial charge in [-0.2, -0.15) is 0 Å². The lowest BCUT2D eigenvalue weighted by Gasteiger charge is -2.05. The van der Waals surface area contributed by atoms with Crippen LogP contribution in [0.4, 0.5) is 8.78 Å². The molecule has 0 unspecified atom stereocenters. The third-order valence-corrected chi connectivity index (χ3v) is 1.44. The lowest BCUT2D eigenvalue weighted by Crippen LogP contribution is -2.36. The molecular formula is C8H16F2N2O. The molecule has 0 bridgehead atoms. The molecule has 1 amide bonds. The normalized spacial score (nSPS) is 10.5. The number of hydrogen-bond donors (Lipinski definition) is 2. The van der Waals surface area contributed by atoms with Crippen LogP contribution < -0.4 is 10.6 Å². The molecule has 0 fully saturated rings. The van der Waals surface area contributed by atoms with Gasteiger partial charge in [-0.3, -0.25) is 4.79 Å². The maximum Gasteiger partial charge on any atom is 0.250 e. The Hall–Kier alpha value is -0.710. The van der Waals surface area contributed by atoms with Gasteiger partial charge < -0.3 is 10.6 Å². The summed E-state index contributed by atoms with van der Waals surface area (Å²) in [5.41, 5.74) is 0. The maximum absolute atomic E-state index is 11.6. The third kappa shape index (κ3) is 9.20. The Morgan fingerprint density at radius 2 is 2.15 bits per heavy atom.